The standard InChI is InChI=1S/C12H18N4O3/c1-8-5-10(14-6-9(8)16(18)19)15-7-12(2,3)11(17)13-4/h5-6H,7H2,1-4H3,(H,13,17)(H,14,15). The Morgan fingerprint density at radius 3 is 2.63 bits per heavy atom. The lowest BCUT2D eigenvalue weighted by molar-refractivity contribution is -0.385. The summed E-state index contributed by atoms with van der Waals surface area (Å²) in [6.45, 7) is 5.64. The summed E-state index contributed by atoms with van der Waals surface area (Å²) in [6, 6.07) is 1.60. The number of amides is 1. The Morgan fingerprint density at radius 1 is 1.53 bits per heavy atom. The second-order valence-corrected chi connectivity index (χ2v) is 4.93. The number of hydrogen-bond donors (Lipinski definition) is 2. The molecule has 19 heavy (non-hydrogen) atoms. The molecule has 0 radical (unpaired) electrons. The van der Waals surface area contributed by atoms with E-state index in [0.717, 1.165) is 0 Å². The van der Waals surface area contributed by atoms with Crippen LogP contribution < -0.4 is 10.6 Å². The van der Waals surface area contributed by atoms with E-state index in [1.807, 2.05) is 0 Å². The minimum absolute atomic E-state index is 0.0175. The monoisotopic (exact) mass is 266 g/mol. The number of aromatic nitrogens is 1. The second kappa shape index (κ2) is 5.64. The van der Waals surface area contributed by atoms with Gasteiger partial charge < -0.3 is 10.6 Å². The van der Waals surface area contributed by atoms with E-state index in [2.05, 4.69) is 15.6 Å². The van der Waals surface area contributed by atoms with Crippen LogP contribution >= 0.6 is 0 Å². The van der Waals surface area contributed by atoms with Crippen molar-refractivity contribution in [2.45, 2.75) is 20.8 Å². The van der Waals surface area contributed by atoms with Gasteiger partial charge in [0.15, 0.2) is 0 Å². The fourth-order valence-electron chi connectivity index (χ4n) is 1.57. The maximum atomic E-state index is 11.6. The molecule has 0 bridgehead atoms. The van der Waals surface area contributed by atoms with Gasteiger partial charge in [0.1, 0.15) is 12.0 Å². The van der Waals surface area contributed by atoms with Crippen LogP contribution in [0.2, 0.25) is 0 Å². The Bertz CT molecular complexity index is 500. The Morgan fingerprint density at radius 2 is 2.16 bits per heavy atom. The van der Waals surface area contributed by atoms with E-state index < -0.39 is 10.3 Å². The lowest BCUT2D eigenvalue weighted by Gasteiger charge is -2.23. The number of anilines is 1. The molecule has 0 spiro atoms. The topological polar surface area (TPSA) is 97.2 Å². The molecule has 1 aromatic rings. The quantitative estimate of drug-likeness (QED) is 0.621. The predicted octanol–water partition coefficient (Wildman–Crippen LogP) is 1.48. The molecule has 0 aromatic carbocycles. The van der Waals surface area contributed by atoms with Crippen LogP contribution in [-0.2, 0) is 4.79 Å². The fraction of sp³-hybridized carbons (Fsp3) is 0.500. The lowest BCUT2D eigenvalue weighted by Crippen LogP contribution is -2.39. The van der Waals surface area contributed by atoms with Crippen molar-refractivity contribution in [2.24, 2.45) is 5.41 Å². The molecular formula is C12H18N4O3. The van der Waals surface area contributed by atoms with Crippen LogP contribution in [0, 0.1) is 22.5 Å². The first-order valence-corrected chi connectivity index (χ1v) is 5.85. The molecule has 0 aliphatic carbocycles. The highest BCUT2D eigenvalue weighted by atomic mass is 16.6. The van der Waals surface area contributed by atoms with Gasteiger partial charge in [0.25, 0.3) is 5.69 Å². The summed E-state index contributed by atoms with van der Waals surface area (Å²) in [4.78, 5) is 25.8. The van der Waals surface area contributed by atoms with Gasteiger partial charge in [-0.05, 0) is 26.8 Å². The van der Waals surface area contributed by atoms with Gasteiger partial charge in [-0.3, -0.25) is 14.9 Å². The number of nitro groups is 1. The van der Waals surface area contributed by atoms with Gasteiger partial charge >= 0.3 is 0 Å². The molecule has 2 N–H and O–H groups in total. The number of carbonyl (C=O) groups excluding carboxylic acids is 1. The van der Waals surface area contributed by atoms with Crippen LogP contribution in [0.15, 0.2) is 12.3 Å². The summed E-state index contributed by atoms with van der Waals surface area (Å²) in [5, 5.41) is 16.3. The third-order valence-electron chi connectivity index (χ3n) is 2.83. The van der Waals surface area contributed by atoms with Crippen LogP contribution in [0.3, 0.4) is 0 Å². The molecule has 0 fully saturated rings. The number of rotatable bonds is 5. The largest absolute Gasteiger partial charge is 0.369 e. The molecule has 7 heteroatoms. The summed E-state index contributed by atoms with van der Waals surface area (Å²) >= 11 is 0. The van der Waals surface area contributed by atoms with E-state index in [0.29, 0.717) is 17.9 Å². The Labute approximate surface area is 111 Å². The van der Waals surface area contributed by atoms with Crippen molar-refractivity contribution in [1.29, 1.82) is 0 Å². The normalized spacial score (nSPS) is 10.9. The van der Waals surface area contributed by atoms with E-state index >= 15 is 0 Å². The zero-order chi connectivity index (χ0) is 14.6. The summed E-state index contributed by atoms with van der Waals surface area (Å²) in [6.07, 6.45) is 1.21. The first kappa shape index (κ1) is 14.9. The molecule has 0 aliphatic heterocycles. The first-order valence-electron chi connectivity index (χ1n) is 5.85. The van der Waals surface area contributed by atoms with Gasteiger partial charge in [-0.1, -0.05) is 0 Å². The third kappa shape index (κ3) is 3.64. The molecule has 1 aromatic heterocycles. The minimum Gasteiger partial charge on any atom is -0.369 e. The number of aryl methyl sites for hydroxylation is 1. The predicted molar refractivity (Wildman–Crippen MR) is 72.0 cm³/mol. The second-order valence-electron chi connectivity index (χ2n) is 4.93. The smallest absolute Gasteiger partial charge is 0.290 e. The van der Waals surface area contributed by atoms with Crippen LogP contribution in [0.1, 0.15) is 19.4 Å². The van der Waals surface area contributed by atoms with Crippen molar-refractivity contribution < 1.29 is 9.72 Å². The zero-order valence-corrected chi connectivity index (χ0v) is 11.5. The summed E-state index contributed by atoms with van der Waals surface area (Å²) < 4.78 is 0. The molecule has 0 saturated heterocycles. The van der Waals surface area contributed by atoms with Gasteiger partial charge in [0.05, 0.1) is 10.3 Å². The van der Waals surface area contributed by atoms with Crippen LogP contribution in [0.4, 0.5) is 11.5 Å². The Hall–Kier alpha value is -2.18. The molecular weight excluding hydrogens is 248 g/mol. The highest BCUT2D eigenvalue weighted by molar-refractivity contribution is 5.82. The Kier molecular flexibility index (Phi) is 4.42. The number of hydrogen-bond acceptors (Lipinski definition) is 5. The lowest BCUT2D eigenvalue weighted by atomic mass is 9.92. The van der Waals surface area contributed by atoms with Crippen LogP contribution in [-0.4, -0.2) is 29.4 Å². The molecule has 1 heterocycles. The number of nitrogens with one attached hydrogen (secondary N) is 2. The van der Waals surface area contributed by atoms with E-state index in [9.17, 15) is 14.9 Å². The number of pyridine rings is 1. The van der Waals surface area contributed by atoms with Crippen molar-refractivity contribution in [2.75, 3.05) is 18.9 Å². The van der Waals surface area contributed by atoms with Crippen LogP contribution in [0.25, 0.3) is 0 Å². The summed E-state index contributed by atoms with van der Waals surface area (Å²) in [5.74, 6) is 0.429. The highest BCUT2D eigenvalue weighted by Crippen LogP contribution is 2.21. The van der Waals surface area contributed by atoms with Gasteiger partial charge in [-0.2, -0.15) is 0 Å². The maximum Gasteiger partial charge on any atom is 0.290 e. The molecule has 1 rings (SSSR count). The van der Waals surface area contributed by atoms with Gasteiger partial charge in [0, 0.05) is 19.2 Å². The maximum absolute atomic E-state index is 11.6. The van der Waals surface area contributed by atoms with E-state index in [-0.39, 0.29) is 11.6 Å². The Balaban J connectivity index is 2.77. The summed E-state index contributed by atoms with van der Waals surface area (Å²) in [5.41, 5.74) is -0.0806. The van der Waals surface area contributed by atoms with Gasteiger partial charge in [-0.25, -0.2) is 4.98 Å². The molecule has 1 amide bonds. The fourth-order valence-corrected chi connectivity index (χ4v) is 1.57. The molecule has 0 saturated carbocycles. The molecule has 0 aliphatic rings. The van der Waals surface area contributed by atoms with Crippen molar-refractivity contribution in [1.82, 2.24) is 10.3 Å². The average molecular weight is 266 g/mol. The summed E-state index contributed by atoms with van der Waals surface area (Å²) in [7, 11) is 1.58. The minimum atomic E-state index is -0.591. The van der Waals surface area contributed by atoms with Crippen molar-refractivity contribution in [3.63, 3.8) is 0 Å². The van der Waals surface area contributed by atoms with E-state index in [4.69, 9.17) is 0 Å². The van der Waals surface area contributed by atoms with Gasteiger partial charge in [-0.15, -0.1) is 0 Å². The van der Waals surface area contributed by atoms with Crippen LogP contribution in [0.5, 0.6) is 0 Å². The van der Waals surface area contributed by atoms with Crippen molar-refractivity contribution in [3.05, 3.63) is 27.9 Å². The number of carbonyl (C=O) groups is 1. The highest BCUT2D eigenvalue weighted by Gasteiger charge is 2.26. The molecule has 7 nitrogen and oxygen atoms in total. The molecule has 0 atom stereocenters. The molecule has 104 valence electrons. The third-order valence-corrected chi connectivity index (χ3v) is 2.83. The van der Waals surface area contributed by atoms with E-state index in [1.54, 1.807) is 33.9 Å². The zero-order valence-electron chi connectivity index (χ0n) is 11.5. The number of nitrogens with zero attached hydrogens (tertiary/aromatic N) is 2. The first-order chi connectivity index (χ1) is 8.77. The van der Waals surface area contributed by atoms with E-state index in [1.165, 1.54) is 6.20 Å². The molecule has 0 unspecified atom stereocenters. The SMILES string of the molecule is CNC(=O)C(C)(C)CNc1cc(C)c([N+](=O)[O-])cn1. The van der Waals surface area contributed by atoms with Gasteiger partial charge in [0.2, 0.25) is 5.91 Å². The average Bonchev–Trinajstić information content (AvgIpc) is 2.35. The van der Waals surface area contributed by atoms with Crippen molar-refractivity contribution >= 4 is 17.4 Å². The van der Waals surface area contributed by atoms with Crippen molar-refractivity contribution in [3.8, 4) is 0 Å².